The third-order valence-corrected chi connectivity index (χ3v) is 4.00. The predicted molar refractivity (Wildman–Crippen MR) is 112 cm³/mol. The summed E-state index contributed by atoms with van der Waals surface area (Å²) in [4.78, 5) is 45.6. The second-order valence-electron chi connectivity index (χ2n) is 6.02. The van der Waals surface area contributed by atoms with E-state index in [-0.39, 0.29) is 35.1 Å². The molecule has 4 N–H and O–H groups in total. The fraction of sp³-hybridized carbons (Fsp3) is 0.158. The quantitative estimate of drug-likeness (QED) is 0.295. The van der Waals surface area contributed by atoms with Crippen LogP contribution in [0, 0.1) is 10.1 Å². The van der Waals surface area contributed by atoms with Crippen molar-refractivity contribution < 1.29 is 19.3 Å². The summed E-state index contributed by atoms with van der Waals surface area (Å²) in [6.45, 7) is 0.373. The lowest BCUT2D eigenvalue weighted by atomic mass is 10.2. The zero-order chi connectivity index (χ0) is 21.9. The van der Waals surface area contributed by atoms with E-state index in [1.165, 1.54) is 24.3 Å². The number of nitro groups is 1. The number of nitrogens with zero attached hydrogens (tertiary/aromatic N) is 1. The van der Waals surface area contributed by atoms with Crippen LogP contribution in [0.2, 0.25) is 0 Å². The van der Waals surface area contributed by atoms with Crippen molar-refractivity contribution in [2.45, 2.75) is 19.4 Å². The van der Waals surface area contributed by atoms with Gasteiger partial charge in [0, 0.05) is 37.1 Å². The van der Waals surface area contributed by atoms with Crippen molar-refractivity contribution in [1.29, 1.82) is 0 Å². The van der Waals surface area contributed by atoms with Gasteiger partial charge in [0.1, 0.15) is 0 Å². The largest absolute Gasteiger partial charge is 0.352 e. The van der Waals surface area contributed by atoms with Crippen molar-refractivity contribution in [2.24, 2.45) is 0 Å². The topological polar surface area (TPSA) is 142 Å². The van der Waals surface area contributed by atoms with Crippen LogP contribution in [-0.2, 0) is 16.1 Å². The number of rotatable bonds is 7. The van der Waals surface area contributed by atoms with E-state index in [2.05, 4.69) is 21.5 Å². The van der Waals surface area contributed by atoms with E-state index in [1.54, 1.807) is 0 Å². The van der Waals surface area contributed by atoms with Crippen LogP contribution >= 0.6 is 12.2 Å². The molecule has 10 nitrogen and oxygen atoms in total. The first kappa shape index (κ1) is 22.4. The molecule has 156 valence electrons. The van der Waals surface area contributed by atoms with Gasteiger partial charge in [-0.2, -0.15) is 0 Å². The van der Waals surface area contributed by atoms with Crippen molar-refractivity contribution in [3.63, 3.8) is 0 Å². The Morgan fingerprint density at radius 1 is 0.900 bits per heavy atom. The van der Waals surface area contributed by atoms with Crippen molar-refractivity contribution in [1.82, 2.24) is 21.5 Å². The number of hydrazine groups is 1. The van der Waals surface area contributed by atoms with Crippen LogP contribution in [0.1, 0.15) is 28.8 Å². The van der Waals surface area contributed by atoms with Gasteiger partial charge in [-0.25, -0.2) is 0 Å². The molecule has 0 saturated heterocycles. The Kier molecular flexibility index (Phi) is 8.39. The number of nitro benzene ring substituents is 1. The van der Waals surface area contributed by atoms with Crippen molar-refractivity contribution in [2.75, 3.05) is 0 Å². The highest BCUT2D eigenvalue weighted by Crippen LogP contribution is 2.11. The van der Waals surface area contributed by atoms with Crippen LogP contribution in [-0.4, -0.2) is 27.8 Å². The third kappa shape index (κ3) is 7.64. The lowest BCUT2D eigenvalue weighted by Crippen LogP contribution is -2.48. The molecule has 11 heteroatoms. The van der Waals surface area contributed by atoms with Crippen molar-refractivity contribution in [3.05, 3.63) is 75.8 Å². The lowest BCUT2D eigenvalue weighted by molar-refractivity contribution is -0.384. The van der Waals surface area contributed by atoms with Crippen molar-refractivity contribution in [3.8, 4) is 0 Å². The Bertz CT molecular complexity index is 934. The second kappa shape index (κ2) is 11.2. The van der Waals surface area contributed by atoms with Gasteiger partial charge in [0.25, 0.3) is 11.6 Å². The third-order valence-electron chi connectivity index (χ3n) is 3.79. The fourth-order valence-electron chi connectivity index (χ4n) is 2.24. The fourth-order valence-corrected chi connectivity index (χ4v) is 2.39. The number of carbonyl (C=O) groups is 3. The average molecular weight is 429 g/mol. The SMILES string of the molecule is O=C(CCC(=O)NNC(=S)NC(=O)c1ccc([N+](=O)[O-])cc1)NCc1ccccc1. The zero-order valence-electron chi connectivity index (χ0n) is 15.7. The monoisotopic (exact) mass is 429 g/mol. The molecule has 0 heterocycles. The summed E-state index contributed by atoms with van der Waals surface area (Å²) >= 11 is 4.90. The van der Waals surface area contributed by atoms with E-state index in [9.17, 15) is 24.5 Å². The predicted octanol–water partition coefficient (Wildman–Crippen LogP) is 1.33. The molecule has 0 fully saturated rings. The molecule has 0 aliphatic rings. The number of hydrogen-bond donors (Lipinski definition) is 4. The van der Waals surface area contributed by atoms with E-state index in [0.29, 0.717) is 6.54 Å². The van der Waals surface area contributed by atoms with E-state index in [1.807, 2.05) is 30.3 Å². The summed E-state index contributed by atoms with van der Waals surface area (Å²) in [6.07, 6.45) is -0.0885. The molecule has 0 atom stereocenters. The first-order valence-corrected chi connectivity index (χ1v) is 9.21. The van der Waals surface area contributed by atoms with Gasteiger partial charge in [0.05, 0.1) is 4.92 Å². The number of thiocarbonyl (C=S) groups is 1. The summed E-state index contributed by atoms with van der Waals surface area (Å²) in [6, 6.07) is 14.3. The normalized spacial score (nSPS) is 9.87. The van der Waals surface area contributed by atoms with Crippen molar-refractivity contribution >= 4 is 40.7 Å². The molecule has 2 aromatic rings. The molecule has 0 spiro atoms. The molecule has 2 rings (SSSR count). The number of benzene rings is 2. The molecule has 3 amide bonds. The Hall–Kier alpha value is -3.86. The molecular formula is C19H19N5O5S. The van der Waals surface area contributed by atoms with E-state index >= 15 is 0 Å². The van der Waals surface area contributed by atoms with Gasteiger partial charge in [-0.15, -0.1) is 0 Å². The van der Waals surface area contributed by atoms with Crippen LogP contribution in [0.25, 0.3) is 0 Å². The van der Waals surface area contributed by atoms with E-state index in [0.717, 1.165) is 5.56 Å². The number of nitrogens with one attached hydrogen (secondary N) is 4. The molecule has 0 aromatic heterocycles. The standard InChI is InChI=1S/C19H19N5O5S/c25-16(20-12-13-4-2-1-3-5-13)10-11-17(26)22-23-19(30)21-18(27)14-6-8-15(9-7-14)24(28)29/h1-9H,10-12H2,(H,20,25)(H,22,26)(H2,21,23,27,30). The summed E-state index contributed by atoms with van der Waals surface area (Å²) in [7, 11) is 0. The van der Waals surface area contributed by atoms with Gasteiger partial charge in [-0.05, 0) is 29.9 Å². The minimum absolute atomic E-state index is 0.0116. The Balaban J connectivity index is 1.66. The van der Waals surface area contributed by atoms with E-state index < -0.39 is 16.7 Å². The van der Waals surface area contributed by atoms with Crippen LogP contribution in [0.3, 0.4) is 0 Å². The lowest BCUT2D eigenvalue weighted by Gasteiger charge is -2.11. The van der Waals surface area contributed by atoms with Gasteiger partial charge >= 0.3 is 0 Å². The van der Waals surface area contributed by atoms with Crippen LogP contribution in [0.4, 0.5) is 5.69 Å². The van der Waals surface area contributed by atoms with Gasteiger partial charge in [0.15, 0.2) is 5.11 Å². The molecule has 0 bridgehead atoms. The zero-order valence-corrected chi connectivity index (χ0v) is 16.5. The first-order valence-electron chi connectivity index (χ1n) is 8.80. The Morgan fingerprint density at radius 3 is 2.17 bits per heavy atom. The Morgan fingerprint density at radius 2 is 1.53 bits per heavy atom. The minimum Gasteiger partial charge on any atom is -0.352 e. The van der Waals surface area contributed by atoms with Gasteiger partial charge in [0.2, 0.25) is 11.8 Å². The molecule has 0 saturated carbocycles. The maximum atomic E-state index is 12.0. The Labute approximate surface area is 177 Å². The highest BCUT2D eigenvalue weighted by molar-refractivity contribution is 7.80. The first-order chi connectivity index (χ1) is 14.3. The van der Waals surface area contributed by atoms with Crippen LogP contribution < -0.4 is 21.5 Å². The van der Waals surface area contributed by atoms with Gasteiger partial charge in [-0.3, -0.25) is 40.7 Å². The molecule has 0 aliphatic heterocycles. The van der Waals surface area contributed by atoms with E-state index in [4.69, 9.17) is 12.2 Å². The van der Waals surface area contributed by atoms with Crippen LogP contribution in [0.5, 0.6) is 0 Å². The number of carbonyl (C=O) groups excluding carboxylic acids is 3. The molecule has 0 unspecified atom stereocenters. The number of amides is 3. The van der Waals surface area contributed by atoms with Gasteiger partial charge < -0.3 is 5.32 Å². The summed E-state index contributed by atoms with van der Waals surface area (Å²) in [5.74, 6) is -1.36. The van der Waals surface area contributed by atoms with Crippen LogP contribution in [0.15, 0.2) is 54.6 Å². The molecule has 0 radical (unpaired) electrons. The average Bonchev–Trinajstić information content (AvgIpc) is 2.75. The highest BCUT2D eigenvalue weighted by Gasteiger charge is 2.12. The second-order valence-corrected chi connectivity index (χ2v) is 6.43. The summed E-state index contributed by atoms with van der Waals surface area (Å²) < 4.78 is 0. The summed E-state index contributed by atoms with van der Waals surface area (Å²) in [5.41, 5.74) is 5.60. The molecular weight excluding hydrogens is 410 g/mol. The summed E-state index contributed by atoms with van der Waals surface area (Å²) in [5, 5.41) is 15.5. The maximum Gasteiger partial charge on any atom is 0.269 e. The minimum atomic E-state index is -0.600. The highest BCUT2D eigenvalue weighted by atomic mass is 32.1. The molecule has 0 aliphatic carbocycles. The molecule has 2 aromatic carbocycles. The van der Waals surface area contributed by atoms with Gasteiger partial charge in [-0.1, -0.05) is 30.3 Å². The number of hydrogen-bond acceptors (Lipinski definition) is 6. The number of non-ortho nitro benzene ring substituents is 1. The smallest absolute Gasteiger partial charge is 0.269 e. The molecule has 30 heavy (non-hydrogen) atoms. The maximum absolute atomic E-state index is 12.0.